The van der Waals surface area contributed by atoms with Crippen molar-refractivity contribution in [1.82, 2.24) is 4.90 Å². The lowest BCUT2D eigenvalue weighted by Gasteiger charge is -2.28. The number of morpholine rings is 1. The summed E-state index contributed by atoms with van der Waals surface area (Å²) in [7, 11) is 0. The van der Waals surface area contributed by atoms with Gasteiger partial charge < -0.3 is 15.4 Å². The van der Waals surface area contributed by atoms with Gasteiger partial charge in [-0.2, -0.15) is 0 Å². The van der Waals surface area contributed by atoms with Gasteiger partial charge in [-0.3, -0.25) is 4.79 Å². The number of hydrogen-bond donors (Lipinski definition) is 1. The molecule has 1 aromatic rings. The van der Waals surface area contributed by atoms with Crippen LogP contribution in [0.25, 0.3) is 0 Å². The first kappa shape index (κ1) is 14.0. The summed E-state index contributed by atoms with van der Waals surface area (Å²) >= 11 is 0. The van der Waals surface area contributed by atoms with E-state index in [0.29, 0.717) is 39.3 Å². The highest BCUT2D eigenvalue weighted by molar-refractivity contribution is 5.77. The Morgan fingerprint density at radius 2 is 2.05 bits per heavy atom. The average molecular weight is 262 g/mol. The zero-order valence-corrected chi connectivity index (χ0v) is 11.5. The highest BCUT2D eigenvalue weighted by Gasteiger charge is 2.22. The van der Waals surface area contributed by atoms with Gasteiger partial charge in [0.1, 0.15) is 0 Å². The highest BCUT2D eigenvalue weighted by atomic mass is 16.5. The van der Waals surface area contributed by atoms with Crippen molar-refractivity contribution < 1.29 is 9.53 Å². The number of nitrogens with zero attached hydrogens (tertiary/aromatic N) is 1. The van der Waals surface area contributed by atoms with Crippen LogP contribution < -0.4 is 5.73 Å². The molecule has 2 N–H and O–H groups in total. The van der Waals surface area contributed by atoms with Crippen molar-refractivity contribution >= 4 is 5.91 Å². The number of hydrogen-bond acceptors (Lipinski definition) is 3. The standard InChI is InChI=1S/C15H22N2O2/c1-12-4-2-3-5-14(12)13(11-16)10-15(18)17-6-8-19-9-7-17/h2-5,13H,6-11,16H2,1H3. The summed E-state index contributed by atoms with van der Waals surface area (Å²) in [4.78, 5) is 14.1. The molecular weight excluding hydrogens is 240 g/mol. The van der Waals surface area contributed by atoms with E-state index in [0.717, 1.165) is 0 Å². The van der Waals surface area contributed by atoms with E-state index >= 15 is 0 Å². The van der Waals surface area contributed by atoms with Crippen LogP contribution in [0.15, 0.2) is 24.3 Å². The van der Waals surface area contributed by atoms with Crippen LogP contribution in [0.4, 0.5) is 0 Å². The van der Waals surface area contributed by atoms with Gasteiger partial charge in [0.15, 0.2) is 0 Å². The lowest BCUT2D eigenvalue weighted by molar-refractivity contribution is -0.135. The molecule has 0 bridgehead atoms. The summed E-state index contributed by atoms with van der Waals surface area (Å²) in [6.45, 7) is 5.25. The van der Waals surface area contributed by atoms with Gasteiger partial charge >= 0.3 is 0 Å². The van der Waals surface area contributed by atoms with Crippen LogP contribution in [0.2, 0.25) is 0 Å². The Morgan fingerprint density at radius 3 is 2.68 bits per heavy atom. The number of rotatable bonds is 4. The van der Waals surface area contributed by atoms with Crippen LogP contribution in [-0.4, -0.2) is 43.7 Å². The molecular formula is C15H22N2O2. The lowest BCUT2D eigenvalue weighted by atomic mass is 9.91. The second kappa shape index (κ2) is 6.68. The molecule has 19 heavy (non-hydrogen) atoms. The number of aryl methyl sites for hydroxylation is 1. The minimum Gasteiger partial charge on any atom is -0.378 e. The highest BCUT2D eigenvalue weighted by Crippen LogP contribution is 2.23. The minimum absolute atomic E-state index is 0.108. The molecule has 0 radical (unpaired) electrons. The van der Waals surface area contributed by atoms with E-state index in [1.807, 2.05) is 17.0 Å². The molecule has 0 spiro atoms. The van der Waals surface area contributed by atoms with E-state index in [-0.39, 0.29) is 11.8 Å². The van der Waals surface area contributed by atoms with Gasteiger partial charge in [-0.1, -0.05) is 24.3 Å². The average Bonchev–Trinajstić information content (AvgIpc) is 2.46. The number of carbonyl (C=O) groups excluding carboxylic acids is 1. The third-order valence-electron chi connectivity index (χ3n) is 3.70. The summed E-state index contributed by atoms with van der Waals surface area (Å²) in [5, 5.41) is 0. The molecule has 0 aliphatic carbocycles. The molecule has 1 aromatic carbocycles. The molecule has 1 unspecified atom stereocenters. The summed E-state index contributed by atoms with van der Waals surface area (Å²) in [5.74, 6) is 0.290. The Kier molecular flexibility index (Phi) is 4.93. The first-order valence-corrected chi connectivity index (χ1v) is 6.83. The molecule has 1 fully saturated rings. The third kappa shape index (κ3) is 3.55. The summed E-state index contributed by atoms with van der Waals surface area (Å²) in [6, 6.07) is 8.15. The first-order valence-electron chi connectivity index (χ1n) is 6.83. The second-order valence-corrected chi connectivity index (χ2v) is 4.99. The van der Waals surface area contributed by atoms with E-state index in [1.165, 1.54) is 11.1 Å². The molecule has 4 heteroatoms. The lowest BCUT2D eigenvalue weighted by Crippen LogP contribution is -2.41. The Bertz CT molecular complexity index is 428. The monoisotopic (exact) mass is 262 g/mol. The van der Waals surface area contributed by atoms with E-state index < -0.39 is 0 Å². The molecule has 0 saturated carbocycles. The third-order valence-corrected chi connectivity index (χ3v) is 3.70. The van der Waals surface area contributed by atoms with E-state index in [2.05, 4.69) is 19.1 Å². The Balaban J connectivity index is 2.02. The van der Waals surface area contributed by atoms with Crippen molar-refractivity contribution in [2.24, 2.45) is 5.73 Å². The molecule has 1 amide bonds. The molecule has 1 atom stereocenters. The van der Waals surface area contributed by atoms with E-state index in [9.17, 15) is 4.79 Å². The van der Waals surface area contributed by atoms with E-state index in [1.54, 1.807) is 0 Å². The largest absolute Gasteiger partial charge is 0.378 e. The van der Waals surface area contributed by atoms with Crippen LogP contribution in [0.5, 0.6) is 0 Å². The van der Waals surface area contributed by atoms with Crippen LogP contribution in [0, 0.1) is 6.92 Å². The fourth-order valence-electron chi connectivity index (χ4n) is 2.52. The predicted octanol–water partition coefficient (Wildman–Crippen LogP) is 1.29. The summed E-state index contributed by atoms with van der Waals surface area (Å²) < 4.78 is 5.27. The van der Waals surface area contributed by atoms with Gasteiger partial charge in [-0.15, -0.1) is 0 Å². The SMILES string of the molecule is Cc1ccccc1C(CN)CC(=O)N1CCOCC1. The Labute approximate surface area is 114 Å². The number of ether oxygens (including phenoxy) is 1. The summed E-state index contributed by atoms with van der Waals surface area (Å²) in [6.07, 6.45) is 0.487. The smallest absolute Gasteiger partial charge is 0.223 e. The van der Waals surface area contributed by atoms with Crippen molar-refractivity contribution in [3.05, 3.63) is 35.4 Å². The zero-order chi connectivity index (χ0) is 13.7. The molecule has 1 aliphatic heterocycles. The molecule has 4 nitrogen and oxygen atoms in total. The van der Waals surface area contributed by atoms with Crippen LogP contribution in [-0.2, 0) is 9.53 Å². The minimum atomic E-state index is 0.108. The maximum atomic E-state index is 12.3. The van der Waals surface area contributed by atoms with Crippen LogP contribution in [0.3, 0.4) is 0 Å². The maximum absolute atomic E-state index is 12.3. The van der Waals surface area contributed by atoms with Gasteiger partial charge in [0.2, 0.25) is 5.91 Å². The molecule has 1 heterocycles. The van der Waals surface area contributed by atoms with Gasteiger partial charge in [-0.05, 0) is 24.6 Å². The molecule has 2 rings (SSSR count). The Morgan fingerprint density at radius 1 is 1.37 bits per heavy atom. The first-order chi connectivity index (χ1) is 9.22. The maximum Gasteiger partial charge on any atom is 0.223 e. The van der Waals surface area contributed by atoms with Crippen molar-refractivity contribution in [2.75, 3.05) is 32.8 Å². The summed E-state index contributed by atoms with van der Waals surface area (Å²) in [5.41, 5.74) is 8.24. The number of amides is 1. The van der Waals surface area contributed by atoms with Crippen LogP contribution in [0.1, 0.15) is 23.5 Å². The zero-order valence-electron chi connectivity index (χ0n) is 11.5. The van der Waals surface area contributed by atoms with Gasteiger partial charge in [-0.25, -0.2) is 0 Å². The molecule has 1 saturated heterocycles. The molecule has 104 valence electrons. The van der Waals surface area contributed by atoms with Crippen molar-refractivity contribution in [3.8, 4) is 0 Å². The van der Waals surface area contributed by atoms with Crippen molar-refractivity contribution in [3.63, 3.8) is 0 Å². The quantitative estimate of drug-likeness (QED) is 0.889. The number of carbonyl (C=O) groups is 1. The molecule has 0 aromatic heterocycles. The topological polar surface area (TPSA) is 55.6 Å². The fraction of sp³-hybridized carbons (Fsp3) is 0.533. The fourth-order valence-corrected chi connectivity index (χ4v) is 2.52. The molecule has 1 aliphatic rings. The second-order valence-electron chi connectivity index (χ2n) is 4.99. The van der Waals surface area contributed by atoms with Gasteiger partial charge in [0, 0.05) is 25.4 Å². The predicted molar refractivity (Wildman–Crippen MR) is 75.0 cm³/mol. The number of benzene rings is 1. The van der Waals surface area contributed by atoms with Crippen LogP contribution >= 0.6 is 0 Å². The van der Waals surface area contributed by atoms with E-state index in [4.69, 9.17) is 10.5 Å². The Hall–Kier alpha value is -1.39. The van der Waals surface area contributed by atoms with Gasteiger partial charge in [0.25, 0.3) is 0 Å². The van der Waals surface area contributed by atoms with Crippen molar-refractivity contribution in [1.29, 1.82) is 0 Å². The number of nitrogens with two attached hydrogens (primary N) is 1. The van der Waals surface area contributed by atoms with Crippen molar-refractivity contribution in [2.45, 2.75) is 19.3 Å². The normalized spacial score (nSPS) is 17.3. The van der Waals surface area contributed by atoms with Gasteiger partial charge in [0.05, 0.1) is 13.2 Å².